The zero-order chi connectivity index (χ0) is 15.6. The van der Waals surface area contributed by atoms with Crippen molar-refractivity contribution in [1.29, 1.82) is 0 Å². The quantitative estimate of drug-likeness (QED) is 0.837. The Bertz CT molecular complexity index is 611. The normalized spacial score (nSPS) is 12.3. The van der Waals surface area contributed by atoms with Crippen LogP contribution in [0.15, 0.2) is 15.2 Å². The zero-order valence-electron chi connectivity index (χ0n) is 12.6. The first kappa shape index (κ1) is 15.3. The van der Waals surface area contributed by atoms with Gasteiger partial charge >= 0.3 is 5.97 Å². The Morgan fingerprint density at radius 1 is 1.05 bits per heavy atom. The number of rotatable bonds is 4. The number of hydrogen-bond donors (Lipinski definition) is 1. The van der Waals surface area contributed by atoms with E-state index in [1.165, 1.54) is 18.9 Å². The molecule has 1 aromatic heterocycles. The fourth-order valence-electron chi connectivity index (χ4n) is 1.86. The lowest BCUT2D eigenvalue weighted by atomic mass is 10.0. The Labute approximate surface area is 122 Å². The molecule has 116 valence electrons. The molecule has 4 rings (SSSR count). The molecule has 21 heavy (non-hydrogen) atoms. The summed E-state index contributed by atoms with van der Waals surface area (Å²) in [5.41, 5.74) is 0.663. The van der Waals surface area contributed by atoms with Gasteiger partial charge in [-0.1, -0.05) is 40.5 Å². The maximum absolute atomic E-state index is 10.7. The van der Waals surface area contributed by atoms with Gasteiger partial charge in [0.25, 0.3) is 11.2 Å². The topological polar surface area (TPSA) is 82.0 Å². The molecule has 1 aromatic carbocycles. The molecule has 0 saturated carbocycles. The molecule has 0 spiro atoms. The standard InChI is InChI=1S/C8H18.C7H2O6/c1-7(2)5-6-8(3)4;8-7(9)2-1-3-5-6(13-12-5)4(2)11-10-3/h7-8H,5-6H2,1-4H3;1H,(H,8,9). The molecule has 2 aliphatic rings. The summed E-state index contributed by atoms with van der Waals surface area (Å²) in [4.78, 5) is 20.0. The van der Waals surface area contributed by atoms with Gasteiger partial charge < -0.3 is 5.11 Å². The lowest BCUT2D eigenvalue weighted by Crippen LogP contribution is -2.14. The Morgan fingerprint density at radius 2 is 1.62 bits per heavy atom. The van der Waals surface area contributed by atoms with Crippen molar-refractivity contribution >= 4 is 17.1 Å². The van der Waals surface area contributed by atoms with Crippen molar-refractivity contribution in [2.24, 2.45) is 11.8 Å². The van der Waals surface area contributed by atoms with Gasteiger partial charge in [-0.2, -0.15) is 0 Å². The average molecular weight is 296 g/mol. The van der Waals surface area contributed by atoms with E-state index >= 15 is 0 Å². The summed E-state index contributed by atoms with van der Waals surface area (Å²) in [5, 5.41) is 8.73. The van der Waals surface area contributed by atoms with Crippen LogP contribution in [0.1, 0.15) is 50.9 Å². The van der Waals surface area contributed by atoms with E-state index in [2.05, 4.69) is 46.6 Å². The van der Waals surface area contributed by atoms with Gasteiger partial charge in [0.1, 0.15) is 5.56 Å². The van der Waals surface area contributed by atoms with E-state index in [0.717, 1.165) is 11.8 Å². The Kier molecular flexibility index (Phi) is 4.45. The average Bonchev–Trinajstić information content (AvgIpc) is 2.36. The van der Waals surface area contributed by atoms with Crippen molar-refractivity contribution in [3.05, 3.63) is 11.6 Å². The molecular weight excluding hydrogens is 276 g/mol. The SMILES string of the molecule is CC(C)CCC(C)C.O=C(O)c1cc2c3ooc3c1OO2. The van der Waals surface area contributed by atoms with E-state index in [1.807, 2.05) is 0 Å². The van der Waals surface area contributed by atoms with Crippen molar-refractivity contribution in [1.82, 2.24) is 0 Å². The molecule has 0 atom stereocenters. The monoisotopic (exact) mass is 296 g/mol. The molecular formula is C15H20O6. The molecule has 2 bridgehead atoms. The van der Waals surface area contributed by atoms with E-state index in [4.69, 9.17) is 5.11 Å². The zero-order valence-corrected chi connectivity index (χ0v) is 12.6. The summed E-state index contributed by atoms with van der Waals surface area (Å²) < 4.78 is 9.14. The van der Waals surface area contributed by atoms with E-state index < -0.39 is 5.97 Å². The summed E-state index contributed by atoms with van der Waals surface area (Å²) in [6.07, 6.45) is 2.77. The van der Waals surface area contributed by atoms with Gasteiger partial charge in [0.15, 0.2) is 0 Å². The van der Waals surface area contributed by atoms with Crippen LogP contribution in [-0.4, -0.2) is 11.1 Å². The number of carboxylic acids is 1. The van der Waals surface area contributed by atoms with Gasteiger partial charge in [-0.3, -0.25) is 18.9 Å². The number of aromatic carboxylic acids is 1. The summed E-state index contributed by atoms with van der Waals surface area (Å²) >= 11 is 0. The first-order valence-corrected chi connectivity index (χ1v) is 7.03. The third-order valence-electron chi connectivity index (χ3n) is 3.13. The maximum Gasteiger partial charge on any atom is 0.339 e. The first-order chi connectivity index (χ1) is 9.90. The van der Waals surface area contributed by atoms with Crippen LogP contribution in [0.25, 0.3) is 11.2 Å². The summed E-state index contributed by atoms with van der Waals surface area (Å²) in [5.74, 6) is 0.935. The fraction of sp³-hybridized carbons (Fsp3) is 0.533. The maximum atomic E-state index is 10.7. The largest absolute Gasteiger partial charge is 0.478 e. The number of carbonyl (C=O) groups is 1. The van der Waals surface area contributed by atoms with E-state index in [-0.39, 0.29) is 22.6 Å². The van der Waals surface area contributed by atoms with Crippen LogP contribution in [0.3, 0.4) is 0 Å². The Hall–Kier alpha value is -2.11. The molecule has 2 aliphatic heterocycles. The molecule has 0 saturated heterocycles. The van der Waals surface area contributed by atoms with E-state index in [9.17, 15) is 4.79 Å². The third kappa shape index (κ3) is 3.32. The van der Waals surface area contributed by atoms with Crippen LogP contribution in [0, 0.1) is 11.8 Å². The molecule has 1 N–H and O–H groups in total. The van der Waals surface area contributed by atoms with Crippen LogP contribution in [0.2, 0.25) is 0 Å². The Balaban J connectivity index is 0.000000177. The number of fused-ring (bicyclic) bond motifs is 2. The van der Waals surface area contributed by atoms with Crippen molar-refractivity contribution < 1.29 is 28.8 Å². The predicted octanol–water partition coefficient (Wildman–Crippen LogP) is 4.49. The summed E-state index contributed by atoms with van der Waals surface area (Å²) in [6, 6.07) is 1.32. The molecule has 3 heterocycles. The molecule has 2 aromatic rings. The highest BCUT2D eigenvalue weighted by Gasteiger charge is 2.32. The fourth-order valence-corrected chi connectivity index (χ4v) is 1.86. The smallest absolute Gasteiger partial charge is 0.339 e. The molecule has 6 nitrogen and oxygen atoms in total. The minimum Gasteiger partial charge on any atom is -0.478 e. The van der Waals surface area contributed by atoms with Crippen LogP contribution in [0.5, 0.6) is 11.5 Å². The Morgan fingerprint density at radius 3 is 2.00 bits per heavy atom. The summed E-state index contributed by atoms with van der Waals surface area (Å²) in [6.45, 7) is 9.12. The van der Waals surface area contributed by atoms with Gasteiger partial charge in [0, 0.05) is 6.07 Å². The predicted molar refractivity (Wildman–Crippen MR) is 75.6 cm³/mol. The van der Waals surface area contributed by atoms with Crippen LogP contribution < -0.4 is 9.78 Å². The van der Waals surface area contributed by atoms with Crippen LogP contribution in [0.4, 0.5) is 0 Å². The van der Waals surface area contributed by atoms with Gasteiger partial charge in [-0.25, -0.2) is 4.79 Å². The van der Waals surface area contributed by atoms with Gasteiger partial charge in [0.2, 0.25) is 11.5 Å². The van der Waals surface area contributed by atoms with Gasteiger partial charge in [0.05, 0.1) is 0 Å². The highest BCUT2D eigenvalue weighted by molar-refractivity contribution is 6.00. The molecule has 0 amide bonds. The van der Waals surface area contributed by atoms with Crippen molar-refractivity contribution in [3.63, 3.8) is 0 Å². The molecule has 6 heteroatoms. The molecule has 0 unspecified atom stereocenters. The molecule has 0 aliphatic carbocycles. The third-order valence-corrected chi connectivity index (χ3v) is 3.13. The van der Waals surface area contributed by atoms with E-state index in [0.29, 0.717) is 5.58 Å². The van der Waals surface area contributed by atoms with Crippen LogP contribution >= 0.6 is 0 Å². The van der Waals surface area contributed by atoms with Gasteiger partial charge in [-0.15, -0.1) is 0 Å². The highest BCUT2D eigenvalue weighted by atomic mass is 17.2. The number of hydrogen-bond acceptors (Lipinski definition) is 5. The number of benzene rings is 1. The second-order valence-corrected chi connectivity index (χ2v) is 5.91. The van der Waals surface area contributed by atoms with Crippen molar-refractivity contribution in [2.75, 3.05) is 0 Å². The van der Waals surface area contributed by atoms with Crippen LogP contribution in [-0.2, 0) is 0 Å². The lowest BCUT2D eigenvalue weighted by Gasteiger charge is -2.17. The van der Waals surface area contributed by atoms with Crippen molar-refractivity contribution in [2.45, 2.75) is 40.5 Å². The second kappa shape index (κ2) is 6.11. The van der Waals surface area contributed by atoms with E-state index in [1.54, 1.807) is 0 Å². The highest BCUT2D eigenvalue weighted by Crippen LogP contribution is 2.43. The molecule has 0 radical (unpaired) electrons. The minimum absolute atomic E-state index is 0.00306. The molecule has 0 fully saturated rings. The first-order valence-electron chi connectivity index (χ1n) is 7.03. The van der Waals surface area contributed by atoms with Crippen molar-refractivity contribution in [3.8, 4) is 11.5 Å². The lowest BCUT2D eigenvalue weighted by molar-refractivity contribution is -0.116. The summed E-state index contributed by atoms with van der Waals surface area (Å²) in [7, 11) is 0. The van der Waals surface area contributed by atoms with Gasteiger partial charge in [-0.05, 0) is 11.8 Å². The minimum atomic E-state index is -1.10. The number of carboxylic acid groups (broad SMARTS) is 1. The second-order valence-electron chi connectivity index (χ2n) is 5.91.